The Morgan fingerprint density at radius 1 is 1.38 bits per heavy atom. The average Bonchev–Trinajstić information content (AvgIpc) is 2.61. The highest BCUT2D eigenvalue weighted by molar-refractivity contribution is 5.94. The molecule has 0 aliphatic carbocycles. The second-order valence-corrected chi connectivity index (χ2v) is 6.58. The molecule has 1 aliphatic rings. The minimum atomic E-state index is -0.0695. The number of piperidine rings is 1. The maximum atomic E-state index is 12.5. The molecule has 1 N–H and O–H groups in total. The van der Waals surface area contributed by atoms with Gasteiger partial charge in [-0.05, 0) is 55.0 Å². The number of aromatic nitrogens is 2. The number of carbonyl (C=O) groups is 1. The molecule has 1 amide bonds. The zero-order valence-electron chi connectivity index (χ0n) is 14.3. The molecule has 3 rings (SSSR count). The van der Waals surface area contributed by atoms with Crippen molar-refractivity contribution in [2.24, 2.45) is 5.92 Å². The molecule has 0 bridgehead atoms. The van der Waals surface area contributed by atoms with E-state index in [1.165, 1.54) is 12.8 Å². The van der Waals surface area contributed by atoms with Crippen LogP contribution in [-0.2, 0) is 6.54 Å². The normalized spacial score (nSPS) is 17.6. The summed E-state index contributed by atoms with van der Waals surface area (Å²) < 4.78 is 0. The number of hydrogen-bond donors (Lipinski definition) is 1. The molecule has 1 unspecified atom stereocenters. The lowest BCUT2D eigenvalue weighted by Gasteiger charge is -2.31. The van der Waals surface area contributed by atoms with Crippen molar-refractivity contribution in [1.82, 2.24) is 15.3 Å². The van der Waals surface area contributed by atoms with Gasteiger partial charge in [-0.3, -0.25) is 9.78 Å². The number of nitrogens with zero attached hydrogens (tertiary/aromatic N) is 3. The van der Waals surface area contributed by atoms with Gasteiger partial charge >= 0.3 is 0 Å². The van der Waals surface area contributed by atoms with Crippen LogP contribution in [0.4, 0.5) is 5.82 Å². The highest BCUT2D eigenvalue weighted by Gasteiger charge is 2.18. The van der Waals surface area contributed by atoms with Crippen molar-refractivity contribution in [3.05, 3.63) is 53.5 Å². The van der Waals surface area contributed by atoms with E-state index in [-0.39, 0.29) is 5.91 Å². The lowest BCUT2D eigenvalue weighted by atomic mass is 10.0. The first-order valence-corrected chi connectivity index (χ1v) is 8.52. The van der Waals surface area contributed by atoms with E-state index in [9.17, 15) is 4.79 Å². The summed E-state index contributed by atoms with van der Waals surface area (Å²) in [5, 5.41) is 2.98. The number of hydrogen-bond acceptors (Lipinski definition) is 4. The van der Waals surface area contributed by atoms with Crippen LogP contribution in [0.1, 0.15) is 41.3 Å². The zero-order valence-corrected chi connectivity index (χ0v) is 14.3. The molecule has 0 aromatic carbocycles. The monoisotopic (exact) mass is 324 g/mol. The van der Waals surface area contributed by atoms with Gasteiger partial charge in [0.15, 0.2) is 0 Å². The third-order valence-electron chi connectivity index (χ3n) is 4.56. The van der Waals surface area contributed by atoms with Gasteiger partial charge in [0.25, 0.3) is 5.91 Å². The highest BCUT2D eigenvalue weighted by atomic mass is 16.1. The van der Waals surface area contributed by atoms with E-state index in [0.717, 1.165) is 30.0 Å². The van der Waals surface area contributed by atoms with E-state index in [4.69, 9.17) is 0 Å². The largest absolute Gasteiger partial charge is 0.356 e. The van der Waals surface area contributed by atoms with Gasteiger partial charge in [0.05, 0.1) is 0 Å². The molecule has 1 saturated heterocycles. The molecule has 5 heteroatoms. The molecule has 1 fully saturated rings. The van der Waals surface area contributed by atoms with Crippen LogP contribution in [0.2, 0.25) is 0 Å². The van der Waals surface area contributed by atoms with Gasteiger partial charge in [-0.2, -0.15) is 0 Å². The van der Waals surface area contributed by atoms with E-state index in [2.05, 4.69) is 27.1 Å². The quantitative estimate of drug-likeness (QED) is 0.939. The molecule has 1 atom stereocenters. The number of amides is 1. The summed E-state index contributed by atoms with van der Waals surface area (Å²) >= 11 is 0. The van der Waals surface area contributed by atoms with Gasteiger partial charge < -0.3 is 10.2 Å². The van der Waals surface area contributed by atoms with Crippen molar-refractivity contribution in [2.75, 3.05) is 18.0 Å². The van der Waals surface area contributed by atoms with Gasteiger partial charge in [0.1, 0.15) is 5.82 Å². The standard InChI is InChI=1S/C19H24N4O/c1-14-4-3-9-23(13-14)18-10-16(6-8-21-18)19(24)22-12-17-5-7-20-11-15(17)2/h5-8,10-11,14H,3-4,9,12-13H2,1-2H3,(H,22,24). The van der Waals surface area contributed by atoms with Gasteiger partial charge in [-0.1, -0.05) is 6.92 Å². The van der Waals surface area contributed by atoms with Gasteiger partial charge in [-0.25, -0.2) is 4.98 Å². The van der Waals surface area contributed by atoms with E-state index < -0.39 is 0 Å². The molecule has 1 aliphatic heterocycles. The molecule has 0 radical (unpaired) electrons. The maximum Gasteiger partial charge on any atom is 0.251 e. The summed E-state index contributed by atoms with van der Waals surface area (Å²) in [6.07, 6.45) is 7.73. The van der Waals surface area contributed by atoms with E-state index in [1.807, 2.05) is 25.3 Å². The average molecular weight is 324 g/mol. The number of carbonyl (C=O) groups excluding carboxylic acids is 1. The Morgan fingerprint density at radius 2 is 2.25 bits per heavy atom. The fourth-order valence-corrected chi connectivity index (χ4v) is 3.11. The number of pyridine rings is 2. The first-order valence-electron chi connectivity index (χ1n) is 8.52. The molecule has 0 saturated carbocycles. The predicted octanol–water partition coefficient (Wildman–Crippen LogP) is 2.95. The van der Waals surface area contributed by atoms with Crippen molar-refractivity contribution < 1.29 is 4.79 Å². The van der Waals surface area contributed by atoms with Gasteiger partial charge in [0.2, 0.25) is 0 Å². The predicted molar refractivity (Wildman–Crippen MR) is 95.0 cm³/mol. The van der Waals surface area contributed by atoms with Gasteiger partial charge in [-0.15, -0.1) is 0 Å². The minimum Gasteiger partial charge on any atom is -0.356 e. The van der Waals surface area contributed by atoms with Crippen molar-refractivity contribution in [2.45, 2.75) is 33.2 Å². The molecule has 2 aromatic heterocycles. The first kappa shape index (κ1) is 16.4. The summed E-state index contributed by atoms with van der Waals surface area (Å²) in [7, 11) is 0. The summed E-state index contributed by atoms with van der Waals surface area (Å²) in [6, 6.07) is 5.60. The number of nitrogens with one attached hydrogen (secondary N) is 1. The van der Waals surface area contributed by atoms with Crippen molar-refractivity contribution >= 4 is 11.7 Å². The molecular weight excluding hydrogens is 300 g/mol. The first-order chi connectivity index (χ1) is 11.6. The topological polar surface area (TPSA) is 58.1 Å². The lowest BCUT2D eigenvalue weighted by molar-refractivity contribution is 0.0951. The van der Waals surface area contributed by atoms with Crippen molar-refractivity contribution in [3.63, 3.8) is 0 Å². The van der Waals surface area contributed by atoms with E-state index in [0.29, 0.717) is 18.0 Å². The Morgan fingerprint density at radius 3 is 3.04 bits per heavy atom. The van der Waals surface area contributed by atoms with E-state index >= 15 is 0 Å². The summed E-state index contributed by atoms with van der Waals surface area (Å²) in [5.74, 6) is 1.50. The SMILES string of the molecule is Cc1cnccc1CNC(=O)c1ccnc(N2CCCC(C)C2)c1. The third kappa shape index (κ3) is 3.91. The fraction of sp³-hybridized carbons (Fsp3) is 0.421. The van der Waals surface area contributed by atoms with Crippen LogP contribution < -0.4 is 10.2 Å². The molecule has 126 valence electrons. The van der Waals surface area contributed by atoms with E-state index in [1.54, 1.807) is 18.5 Å². The van der Waals surface area contributed by atoms with Crippen LogP contribution in [0.15, 0.2) is 36.8 Å². The molecule has 2 aromatic rings. The molecule has 3 heterocycles. The summed E-state index contributed by atoms with van der Waals surface area (Å²) in [6.45, 7) is 6.79. The minimum absolute atomic E-state index is 0.0695. The molecule has 5 nitrogen and oxygen atoms in total. The Balaban J connectivity index is 1.67. The number of aryl methyl sites for hydroxylation is 1. The number of rotatable bonds is 4. The number of anilines is 1. The lowest BCUT2D eigenvalue weighted by Crippen LogP contribution is -2.35. The second kappa shape index (κ2) is 7.43. The second-order valence-electron chi connectivity index (χ2n) is 6.58. The van der Waals surface area contributed by atoms with Gasteiger partial charge in [0, 0.05) is 43.8 Å². The smallest absolute Gasteiger partial charge is 0.251 e. The van der Waals surface area contributed by atoms with Crippen LogP contribution in [-0.4, -0.2) is 29.0 Å². The van der Waals surface area contributed by atoms with Crippen LogP contribution in [0, 0.1) is 12.8 Å². The Bertz CT molecular complexity index is 716. The zero-order chi connectivity index (χ0) is 16.9. The van der Waals surface area contributed by atoms with Crippen molar-refractivity contribution in [3.8, 4) is 0 Å². The van der Waals surface area contributed by atoms with Crippen LogP contribution in [0.5, 0.6) is 0 Å². The molecule has 0 spiro atoms. The highest BCUT2D eigenvalue weighted by Crippen LogP contribution is 2.21. The third-order valence-corrected chi connectivity index (χ3v) is 4.56. The molecule has 24 heavy (non-hydrogen) atoms. The molecular formula is C19H24N4O. The van der Waals surface area contributed by atoms with Crippen LogP contribution in [0.25, 0.3) is 0 Å². The summed E-state index contributed by atoms with van der Waals surface area (Å²) in [5.41, 5.74) is 2.82. The maximum absolute atomic E-state index is 12.5. The Labute approximate surface area is 143 Å². The van der Waals surface area contributed by atoms with Crippen LogP contribution >= 0.6 is 0 Å². The van der Waals surface area contributed by atoms with Crippen LogP contribution in [0.3, 0.4) is 0 Å². The Kier molecular flexibility index (Phi) is 5.08. The Hall–Kier alpha value is -2.43. The van der Waals surface area contributed by atoms with Crippen molar-refractivity contribution in [1.29, 1.82) is 0 Å². The summed E-state index contributed by atoms with van der Waals surface area (Å²) in [4.78, 5) is 23.3. The fourth-order valence-electron chi connectivity index (χ4n) is 3.11.